The fraction of sp³-hybridized carbons (Fsp3) is 0.722. The van der Waals surface area contributed by atoms with Crippen LogP contribution in [-0.4, -0.2) is 37.1 Å². The lowest BCUT2D eigenvalue weighted by atomic mass is 10.1. The summed E-state index contributed by atoms with van der Waals surface area (Å²) in [6.45, 7) is 1.36. The second kappa shape index (κ2) is 7.60. The zero-order valence-electron chi connectivity index (χ0n) is 13.6. The van der Waals surface area contributed by atoms with E-state index in [9.17, 15) is 4.79 Å². The normalized spacial score (nSPS) is 19.0. The highest BCUT2D eigenvalue weighted by Crippen LogP contribution is 2.31. The second-order valence-electron chi connectivity index (χ2n) is 6.55. The summed E-state index contributed by atoms with van der Waals surface area (Å²) in [4.78, 5) is 17.5. The van der Waals surface area contributed by atoms with Crippen LogP contribution in [-0.2, 0) is 17.6 Å². The lowest BCUT2D eigenvalue weighted by Crippen LogP contribution is -2.40. The van der Waals surface area contributed by atoms with Gasteiger partial charge in [-0.05, 0) is 50.2 Å². The molecule has 0 N–H and O–H groups in total. The van der Waals surface area contributed by atoms with Gasteiger partial charge < -0.3 is 9.64 Å². The number of nitrogens with zero attached hydrogens (tertiary/aromatic N) is 1. The second-order valence-corrected chi connectivity index (χ2v) is 7.69. The van der Waals surface area contributed by atoms with E-state index in [1.165, 1.54) is 42.5 Å². The van der Waals surface area contributed by atoms with Crippen LogP contribution in [0.1, 0.15) is 65.1 Å². The molecule has 2 aliphatic carbocycles. The topological polar surface area (TPSA) is 29.5 Å². The molecule has 3 nitrogen and oxygen atoms in total. The summed E-state index contributed by atoms with van der Waals surface area (Å²) in [6, 6.07) is 2.60. The van der Waals surface area contributed by atoms with Crippen molar-refractivity contribution in [1.82, 2.24) is 4.90 Å². The van der Waals surface area contributed by atoms with Crippen LogP contribution < -0.4 is 0 Å². The average Bonchev–Trinajstić information content (AvgIpc) is 3.14. The van der Waals surface area contributed by atoms with Crippen LogP contribution >= 0.6 is 11.3 Å². The van der Waals surface area contributed by atoms with Gasteiger partial charge in [0.25, 0.3) is 5.91 Å². The van der Waals surface area contributed by atoms with Gasteiger partial charge in [-0.25, -0.2) is 0 Å². The molecule has 122 valence electrons. The summed E-state index contributed by atoms with van der Waals surface area (Å²) >= 11 is 1.75. The Bertz CT molecular complexity index is 482. The minimum atomic E-state index is 0.238. The molecule has 0 radical (unpaired) electrons. The number of thiophene rings is 1. The summed E-state index contributed by atoms with van der Waals surface area (Å²) in [5, 5.41) is 0. The smallest absolute Gasteiger partial charge is 0.264 e. The average molecular weight is 321 g/mol. The third kappa shape index (κ3) is 3.54. The van der Waals surface area contributed by atoms with Gasteiger partial charge in [0.05, 0.1) is 11.5 Å². The molecule has 1 heterocycles. The van der Waals surface area contributed by atoms with Crippen LogP contribution in [0.5, 0.6) is 0 Å². The molecule has 1 fully saturated rings. The van der Waals surface area contributed by atoms with E-state index in [4.69, 9.17) is 4.74 Å². The zero-order chi connectivity index (χ0) is 15.4. The maximum Gasteiger partial charge on any atom is 0.264 e. The van der Waals surface area contributed by atoms with E-state index in [0.29, 0.717) is 12.6 Å². The maximum atomic E-state index is 13.0. The first kappa shape index (κ1) is 16.0. The van der Waals surface area contributed by atoms with Gasteiger partial charge in [-0.3, -0.25) is 4.79 Å². The molecule has 1 aromatic rings. The Balaban J connectivity index is 1.77. The molecule has 0 unspecified atom stereocenters. The largest absolute Gasteiger partial charge is 0.383 e. The molecule has 0 aliphatic heterocycles. The summed E-state index contributed by atoms with van der Waals surface area (Å²) in [5.41, 5.74) is 1.43. The number of carbonyl (C=O) groups excluding carboxylic acids is 1. The van der Waals surface area contributed by atoms with E-state index < -0.39 is 0 Å². The lowest BCUT2D eigenvalue weighted by Gasteiger charge is -2.28. The summed E-state index contributed by atoms with van der Waals surface area (Å²) in [6.07, 6.45) is 11.0. The summed E-state index contributed by atoms with van der Waals surface area (Å²) < 4.78 is 5.23. The quantitative estimate of drug-likeness (QED) is 0.766. The van der Waals surface area contributed by atoms with Crippen molar-refractivity contribution in [2.75, 3.05) is 20.3 Å². The maximum absolute atomic E-state index is 13.0. The van der Waals surface area contributed by atoms with Crippen molar-refractivity contribution in [1.29, 1.82) is 0 Å². The predicted molar refractivity (Wildman–Crippen MR) is 90.7 cm³/mol. The highest BCUT2D eigenvalue weighted by molar-refractivity contribution is 7.14. The van der Waals surface area contributed by atoms with Gasteiger partial charge in [-0.2, -0.15) is 0 Å². The molecule has 4 heteroatoms. The molecule has 1 saturated carbocycles. The van der Waals surface area contributed by atoms with Crippen molar-refractivity contribution in [3.05, 3.63) is 21.4 Å². The fourth-order valence-corrected chi connectivity index (χ4v) is 4.98. The van der Waals surface area contributed by atoms with Gasteiger partial charge in [-0.1, -0.05) is 19.3 Å². The van der Waals surface area contributed by atoms with Crippen LogP contribution in [0.15, 0.2) is 6.07 Å². The fourth-order valence-electron chi connectivity index (χ4n) is 3.77. The summed E-state index contributed by atoms with van der Waals surface area (Å²) in [7, 11) is 1.71. The van der Waals surface area contributed by atoms with Crippen molar-refractivity contribution < 1.29 is 9.53 Å². The number of ether oxygens (including phenoxy) is 1. The number of carbonyl (C=O) groups is 1. The van der Waals surface area contributed by atoms with Crippen molar-refractivity contribution in [2.45, 2.75) is 63.8 Å². The molecular formula is C18H27NO2S. The molecule has 1 aromatic heterocycles. The van der Waals surface area contributed by atoms with E-state index in [-0.39, 0.29) is 5.91 Å². The van der Waals surface area contributed by atoms with E-state index in [1.807, 2.05) is 0 Å². The molecule has 2 aliphatic rings. The minimum Gasteiger partial charge on any atom is -0.383 e. The summed E-state index contributed by atoms with van der Waals surface area (Å²) in [5.74, 6) is 0.238. The molecule has 1 amide bonds. The zero-order valence-corrected chi connectivity index (χ0v) is 14.4. The van der Waals surface area contributed by atoms with Crippen LogP contribution in [0.25, 0.3) is 0 Å². The van der Waals surface area contributed by atoms with Crippen LogP contribution in [0.4, 0.5) is 0 Å². The van der Waals surface area contributed by atoms with Gasteiger partial charge in [-0.15, -0.1) is 11.3 Å². The Morgan fingerprint density at radius 3 is 2.77 bits per heavy atom. The molecule has 0 saturated heterocycles. The monoisotopic (exact) mass is 321 g/mol. The third-order valence-corrected chi connectivity index (χ3v) is 6.25. The Morgan fingerprint density at radius 2 is 2.00 bits per heavy atom. The number of methoxy groups -OCH3 is 1. The minimum absolute atomic E-state index is 0.238. The van der Waals surface area contributed by atoms with E-state index >= 15 is 0 Å². The number of fused-ring (bicyclic) bond motifs is 1. The van der Waals surface area contributed by atoms with Crippen LogP contribution in [0, 0.1) is 0 Å². The van der Waals surface area contributed by atoms with Crippen molar-refractivity contribution in [3.8, 4) is 0 Å². The molecule has 0 bridgehead atoms. The van der Waals surface area contributed by atoms with Crippen molar-refractivity contribution in [3.63, 3.8) is 0 Å². The number of rotatable bonds is 5. The Kier molecular flexibility index (Phi) is 5.53. The van der Waals surface area contributed by atoms with Gasteiger partial charge >= 0.3 is 0 Å². The number of aryl methyl sites for hydroxylation is 2. The number of amides is 1. The highest BCUT2D eigenvalue weighted by atomic mass is 32.1. The first-order valence-corrected chi connectivity index (χ1v) is 9.52. The van der Waals surface area contributed by atoms with E-state index in [0.717, 1.165) is 37.1 Å². The molecule has 0 atom stereocenters. The number of hydrogen-bond acceptors (Lipinski definition) is 3. The van der Waals surface area contributed by atoms with Crippen molar-refractivity contribution in [2.24, 2.45) is 0 Å². The first-order valence-electron chi connectivity index (χ1n) is 8.71. The molecule has 0 spiro atoms. The van der Waals surface area contributed by atoms with E-state index in [2.05, 4.69) is 11.0 Å². The highest BCUT2D eigenvalue weighted by Gasteiger charge is 2.28. The van der Waals surface area contributed by atoms with Gasteiger partial charge in [0, 0.05) is 24.6 Å². The predicted octanol–water partition coefficient (Wildman–Crippen LogP) is 4.05. The van der Waals surface area contributed by atoms with E-state index in [1.54, 1.807) is 18.4 Å². The van der Waals surface area contributed by atoms with Crippen LogP contribution in [0.3, 0.4) is 0 Å². The molecule has 22 heavy (non-hydrogen) atoms. The van der Waals surface area contributed by atoms with Gasteiger partial charge in [0.2, 0.25) is 0 Å². The van der Waals surface area contributed by atoms with Crippen LogP contribution in [0.2, 0.25) is 0 Å². The van der Waals surface area contributed by atoms with Crippen molar-refractivity contribution >= 4 is 17.2 Å². The first-order chi connectivity index (χ1) is 10.8. The Labute approximate surface area is 137 Å². The van der Waals surface area contributed by atoms with Gasteiger partial charge in [0.15, 0.2) is 0 Å². The Morgan fingerprint density at radius 1 is 1.23 bits per heavy atom. The molecular weight excluding hydrogens is 294 g/mol. The SMILES string of the molecule is COCCN(C(=O)c1cc2c(s1)CCCCC2)C1CCCC1. The lowest BCUT2D eigenvalue weighted by molar-refractivity contribution is 0.0611. The van der Waals surface area contributed by atoms with Gasteiger partial charge in [0.1, 0.15) is 0 Å². The molecule has 0 aromatic carbocycles. The molecule has 3 rings (SSSR count). The number of hydrogen-bond donors (Lipinski definition) is 0. The third-order valence-electron chi connectivity index (χ3n) is 5.02. The standard InChI is InChI=1S/C18H27NO2S/c1-21-12-11-19(15-8-5-6-9-15)18(20)17-13-14-7-3-2-4-10-16(14)22-17/h13,15H,2-12H2,1H3. The Hall–Kier alpha value is -0.870.